The smallest absolute Gasteiger partial charge is 0.162 e. The van der Waals surface area contributed by atoms with E-state index in [1.54, 1.807) is 14.2 Å². The van der Waals surface area contributed by atoms with Crippen LogP contribution in [0.1, 0.15) is 13.8 Å². The van der Waals surface area contributed by atoms with Gasteiger partial charge < -0.3 is 20.1 Å². The molecule has 0 fully saturated rings. The summed E-state index contributed by atoms with van der Waals surface area (Å²) in [5.74, 6) is 1.50. The summed E-state index contributed by atoms with van der Waals surface area (Å²) >= 11 is 0. The van der Waals surface area contributed by atoms with Crippen LogP contribution in [0.4, 0.5) is 11.4 Å². The molecule has 0 aliphatic carbocycles. The third kappa shape index (κ3) is 1.75. The standard InChI is InChI=1S/C12H18N2O2/c1-7-8(2)14-10-6-12(16-4)11(15-3)5-9(10)13-7/h5-8,13-14H,1-4H3. The van der Waals surface area contributed by atoms with Crippen molar-refractivity contribution in [2.75, 3.05) is 24.9 Å². The van der Waals surface area contributed by atoms with Crippen LogP contribution >= 0.6 is 0 Å². The van der Waals surface area contributed by atoms with Crippen LogP contribution in [0, 0.1) is 0 Å². The molecule has 2 N–H and O–H groups in total. The molecule has 2 atom stereocenters. The fraction of sp³-hybridized carbons (Fsp3) is 0.500. The number of benzene rings is 1. The second kappa shape index (κ2) is 4.12. The van der Waals surface area contributed by atoms with Crippen LogP contribution in [-0.2, 0) is 0 Å². The summed E-state index contributed by atoms with van der Waals surface area (Å²) in [6.45, 7) is 4.30. The van der Waals surface area contributed by atoms with Crippen LogP contribution in [0.15, 0.2) is 12.1 Å². The molecule has 2 unspecified atom stereocenters. The Morgan fingerprint density at radius 1 is 0.875 bits per heavy atom. The van der Waals surface area contributed by atoms with Crippen molar-refractivity contribution in [2.45, 2.75) is 25.9 Å². The molecular formula is C12H18N2O2. The van der Waals surface area contributed by atoms with Gasteiger partial charge in [0.15, 0.2) is 11.5 Å². The van der Waals surface area contributed by atoms with Gasteiger partial charge in [0, 0.05) is 24.2 Å². The molecule has 1 aliphatic rings. The first-order valence-corrected chi connectivity index (χ1v) is 5.44. The van der Waals surface area contributed by atoms with Gasteiger partial charge in [-0.05, 0) is 13.8 Å². The van der Waals surface area contributed by atoms with Gasteiger partial charge in [-0.1, -0.05) is 0 Å². The van der Waals surface area contributed by atoms with E-state index in [9.17, 15) is 0 Å². The Bertz CT molecular complexity index is 356. The number of rotatable bonds is 2. The highest BCUT2D eigenvalue weighted by Crippen LogP contribution is 2.39. The van der Waals surface area contributed by atoms with Gasteiger partial charge >= 0.3 is 0 Å². The van der Waals surface area contributed by atoms with Gasteiger partial charge in [0.1, 0.15) is 0 Å². The van der Waals surface area contributed by atoms with Crippen molar-refractivity contribution in [1.82, 2.24) is 0 Å². The number of nitrogens with one attached hydrogen (secondary N) is 2. The van der Waals surface area contributed by atoms with E-state index in [2.05, 4.69) is 24.5 Å². The molecule has 0 spiro atoms. The minimum atomic E-state index is 0.394. The van der Waals surface area contributed by atoms with Crippen LogP contribution in [0.5, 0.6) is 11.5 Å². The predicted molar refractivity (Wildman–Crippen MR) is 65.7 cm³/mol. The lowest BCUT2D eigenvalue weighted by Gasteiger charge is -2.32. The highest BCUT2D eigenvalue weighted by molar-refractivity contribution is 5.76. The van der Waals surface area contributed by atoms with Crippen LogP contribution in [0.2, 0.25) is 0 Å². The van der Waals surface area contributed by atoms with E-state index in [-0.39, 0.29) is 0 Å². The Labute approximate surface area is 95.9 Å². The van der Waals surface area contributed by atoms with E-state index in [1.165, 1.54) is 0 Å². The van der Waals surface area contributed by atoms with E-state index in [0.29, 0.717) is 12.1 Å². The van der Waals surface area contributed by atoms with Crippen molar-refractivity contribution >= 4 is 11.4 Å². The van der Waals surface area contributed by atoms with Crippen LogP contribution in [0.3, 0.4) is 0 Å². The maximum Gasteiger partial charge on any atom is 0.162 e. The lowest BCUT2D eigenvalue weighted by molar-refractivity contribution is 0.355. The molecule has 0 saturated carbocycles. The molecule has 1 heterocycles. The first-order valence-electron chi connectivity index (χ1n) is 5.44. The Morgan fingerprint density at radius 3 is 1.56 bits per heavy atom. The largest absolute Gasteiger partial charge is 0.493 e. The molecule has 1 aromatic rings. The van der Waals surface area contributed by atoms with E-state index in [1.807, 2.05) is 12.1 Å². The Balaban J connectivity index is 2.41. The quantitative estimate of drug-likeness (QED) is 0.806. The second-order valence-electron chi connectivity index (χ2n) is 4.12. The van der Waals surface area contributed by atoms with E-state index in [4.69, 9.17) is 9.47 Å². The maximum atomic E-state index is 5.27. The molecule has 0 bridgehead atoms. The van der Waals surface area contributed by atoms with Gasteiger partial charge in [-0.15, -0.1) is 0 Å². The third-order valence-electron chi connectivity index (χ3n) is 3.04. The Hall–Kier alpha value is -1.58. The Kier molecular flexibility index (Phi) is 2.81. The fourth-order valence-electron chi connectivity index (χ4n) is 1.86. The fourth-order valence-corrected chi connectivity index (χ4v) is 1.86. The lowest BCUT2D eigenvalue weighted by atomic mass is 10.1. The van der Waals surface area contributed by atoms with Crippen molar-refractivity contribution in [3.8, 4) is 11.5 Å². The molecule has 1 aromatic carbocycles. The van der Waals surface area contributed by atoms with Crippen molar-refractivity contribution in [2.24, 2.45) is 0 Å². The lowest BCUT2D eigenvalue weighted by Crippen LogP contribution is -2.38. The molecule has 4 heteroatoms. The topological polar surface area (TPSA) is 42.5 Å². The average molecular weight is 222 g/mol. The summed E-state index contributed by atoms with van der Waals surface area (Å²) < 4.78 is 10.5. The molecule has 16 heavy (non-hydrogen) atoms. The van der Waals surface area contributed by atoms with Gasteiger partial charge in [-0.25, -0.2) is 0 Å². The summed E-state index contributed by atoms with van der Waals surface area (Å²) in [6.07, 6.45) is 0. The van der Waals surface area contributed by atoms with E-state index < -0.39 is 0 Å². The van der Waals surface area contributed by atoms with Crippen molar-refractivity contribution in [3.63, 3.8) is 0 Å². The molecule has 0 radical (unpaired) electrons. The monoisotopic (exact) mass is 222 g/mol. The van der Waals surface area contributed by atoms with Gasteiger partial charge in [0.25, 0.3) is 0 Å². The zero-order valence-electron chi connectivity index (χ0n) is 10.1. The number of hydrogen-bond acceptors (Lipinski definition) is 4. The number of ether oxygens (including phenoxy) is 2. The summed E-state index contributed by atoms with van der Waals surface area (Å²) in [4.78, 5) is 0. The summed E-state index contributed by atoms with van der Waals surface area (Å²) in [5.41, 5.74) is 2.12. The number of methoxy groups -OCH3 is 2. The highest BCUT2D eigenvalue weighted by Gasteiger charge is 2.22. The molecule has 2 rings (SSSR count). The second-order valence-corrected chi connectivity index (χ2v) is 4.12. The molecule has 4 nitrogen and oxygen atoms in total. The Morgan fingerprint density at radius 2 is 1.25 bits per heavy atom. The summed E-state index contributed by atoms with van der Waals surface area (Å²) in [5, 5.41) is 6.88. The number of anilines is 2. The maximum absolute atomic E-state index is 5.27. The van der Waals surface area contributed by atoms with Crippen LogP contribution in [-0.4, -0.2) is 26.3 Å². The van der Waals surface area contributed by atoms with Crippen LogP contribution < -0.4 is 20.1 Å². The molecule has 0 amide bonds. The summed E-state index contributed by atoms with van der Waals surface area (Å²) in [7, 11) is 3.29. The van der Waals surface area contributed by atoms with E-state index in [0.717, 1.165) is 22.9 Å². The molecular weight excluding hydrogens is 204 g/mol. The van der Waals surface area contributed by atoms with Crippen LogP contribution in [0.25, 0.3) is 0 Å². The SMILES string of the molecule is COc1cc2c(cc1OC)NC(C)C(C)N2. The van der Waals surface area contributed by atoms with Crippen molar-refractivity contribution < 1.29 is 9.47 Å². The highest BCUT2D eigenvalue weighted by atomic mass is 16.5. The normalized spacial score (nSPS) is 22.8. The zero-order valence-corrected chi connectivity index (χ0v) is 10.1. The van der Waals surface area contributed by atoms with Gasteiger partial charge in [-0.2, -0.15) is 0 Å². The van der Waals surface area contributed by atoms with E-state index >= 15 is 0 Å². The van der Waals surface area contributed by atoms with Crippen molar-refractivity contribution in [1.29, 1.82) is 0 Å². The number of hydrogen-bond donors (Lipinski definition) is 2. The molecule has 0 aromatic heterocycles. The molecule has 88 valence electrons. The average Bonchev–Trinajstić information content (AvgIpc) is 2.29. The van der Waals surface area contributed by atoms with Gasteiger partial charge in [0.2, 0.25) is 0 Å². The molecule has 0 saturated heterocycles. The summed E-state index contributed by atoms with van der Waals surface area (Å²) in [6, 6.07) is 4.71. The third-order valence-corrected chi connectivity index (χ3v) is 3.04. The van der Waals surface area contributed by atoms with Gasteiger partial charge in [0.05, 0.1) is 25.6 Å². The minimum Gasteiger partial charge on any atom is -0.493 e. The van der Waals surface area contributed by atoms with Gasteiger partial charge in [-0.3, -0.25) is 0 Å². The minimum absolute atomic E-state index is 0.394. The predicted octanol–water partition coefficient (Wildman–Crippen LogP) is 2.32. The first kappa shape index (κ1) is 10.9. The number of fused-ring (bicyclic) bond motifs is 1. The first-order chi connectivity index (χ1) is 7.65. The van der Waals surface area contributed by atoms with Crippen molar-refractivity contribution in [3.05, 3.63) is 12.1 Å². The molecule has 1 aliphatic heterocycles. The zero-order chi connectivity index (χ0) is 11.7.